The number of aryl methyl sites for hydroxylation is 1. The molecule has 0 aliphatic heterocycles. The molecular formula is C20H21N3O. The topological polar surface area (TPSA) is 60.0 Å². The highest BCUT2D eigenvalue weighted by molar-refractivity contribution is 6.01. The van der Waals surface area contributed by atoms with Crippen molar-refractivity contribution in [1.29, 1.82) is 0 Å². The molecule has 1 saturated carbocycles. The van der Waals surface area contributed by atoms with Gasteiger partial charge in [0, 0.05) is 29.1 Å². The van der Waals surface area contributed by atoms with Gasteiger partial charge in [0.2, 0.25) is 0 Å². The third-order valence-electron chi connectivity index (χ3n) is 4.66. The number of carbonyl (C=O) groups excluding carboxylic acids is 1. The van der Waals surface area contributed by atoms with Gasteiger partial charge in [-0.2, -0.15) is 0 Å². The molecule has 3 aromatic rings. The van der Waals surface area contributed by atoms with Crippen LogP contribution < -0.4 is 11.1 Å². The van der Waals surface area contributed by atoms with Crippen LogP contribution in [0.5, 0.6) is 0 Å². The Kier molecular flexibility index (Phi) is 3.53. The molecule has 24 heavy (non-hydrogen) atoms. The number of benzene rings is 2. The lowest BCUT2D eigenvalue weighted by Gasteiger charge is -2.10. The number of hydrogen-bond acceptors (Lipinski definition) is 2. The smallest absolute Gasteiger partial charge is 0.251 e. The number of nitrogens with two attached hydrogens (primary N) is 1. The Morgan fingerprint density at radius 2 is 1.88 bits per heavy atom. The summed E-state index contributed by atoms with van der Waals surface area (Å²) < 4.78 is 2.23. The van der Waals surface area contributed by atoms with Crippen molar-refractivity contribution < 1.29 is 4.79 Å². The second kappa shape index (κ2) is 5.71. The lowest BCUT2D eigenvalue weighted by molar-refractivity contribution is 0.0951. The fourth-order valence-corrected chi connectivity index (χ4v) is 3.25. The predicted octanol–water partition coefficient (Wildman–Crippen LogP) is 3.80. The number of nitrogens with one attached hydrogen (secondary N) is 1. The fraction of sp³-hybridized carbons (Fsp3) is 0.250. The molecule has 122 valence electrons. The molecule has 4 rings (SSSR count). The van der Waals surface area contributed by atoms with Crippen LogP contribution in [0.15, 0.2) is 48.5 Å². The summed E-state index contributed by atoms with van der Waals surface area (Å²) in [5.41, 5.74) is 11.1. The molecule has 1 fully saturated rings. The Labute approximate surface area is 141 Å². The quantitative estimate of drug-likeness (QED) is 0.768. The van der Waals surface area contributed by atoms with Gasteiger partial charge in [-0.25, -0.2) is 0 Å². The molecule has 3 N–H and O–H groups in total. The normalized spacial score (nSPS) is 14.0. The minimum absolute atomic E-state index is 0.00746. The molecule has 4 nitrogen and oxygen atoms in total. The van der Waals surface area contributed by atoms with Gasteiger partial charge in [0.05, 0.1) is 16.9 Å². The van der Waals surface area contributed by atoms with Crippen LogP contribution in [0.2, 0.25) is 0 Å². The molecule has 0 spiro atoms. The van der Waals surface area contributed by atoms with Crippen LogP contribution >= 0.6 is 0 Å². The van der Waals surface area contributed by atoms with Gasteiger partial charge in [0.1, 0.15) is 0 Å². The van der Waals surface area contributed by atoms with Crippen molar-refractivity contribution in [3.05, 3.63) is 54.1 Å². The first-order valence-electron chi connectivity index (χ1n) is 8.47. The number of rotatable bonds is 4. The summed E-state index contributed by atoms with van der Waals surface area (Å²) in [5, 5.41) is 4.09. The Hall–Kier alpha value is -2.75. The largest absolute Gasteiger partial charge is 0.396 e. The maximum atomic E-state index is 12.1. The number of amides is 1. The number of nitrogen functional groups attached to an aromatic ring is 1. The minimum Gasteiger partial charge on any atom is -0.396 e. The SMILES string of the molecule is CCn1c(-c2ccc(C(=O)NC3CC3)cc2)c(N)c2ccccc21. The molecule has 0 saturated heterocycles. The molecule has 4 heteroatoms. The van der Waals surface area contributed by atoms with E-state index in [1.165, 1.54) is 0 Å². The summed E-state index contributed by atoms with van der Waals surface area (Å²) in [4.78, 5) is 12.1. The highest BCUT2D eigenvalue weighted by Gasteiger charge is 2.24. The van der Waals surface area contributed by atoms with Gasteiger partial charge in [-0.15, -0.1) is 0 Å². The Morgan fingerprint density at radius 3 is 2.54 bits per heavy atom. The molecule has 0 unspecified atom stereocenters. The van der Waals surface area contributed by atoms with E-state index in [0.717, 1.165) is 47.2 Å². The Balaban J connectivity index is 1.74. The Bertz CT molecular complexity index is 905. The van der Waals surface area contributed by atoms with E-state index in [1.54, 1.807) is 0 Å². The van der Waals surface area contributed by atoms with E-state index in [0.29, 0.717) is 11.6 Å². The summed E-state index contributed by atoms with van der Waals surface area (Å²) in [7, 11) is 0. The molecular weight excluding hydrogens is 298 g/mol. The molecule has 1 heterocycles. The molecule has 2 aromatic carbocycles. The Morgan fingerprint density at radius 1 is 1.17 bits per heavy atom. The number of hydrogen-bond donors (Lipinski definition) is 2. The molecule has 1 aliphatic rings. The number of para-hydroxylation sites is 1. The number of nitrogens with zero attached hydrogens (tertiary/aromatic N) is 1. The van der Waals surface area contributed by atoms with Gasteiger partial charge < -0.3 is 15.6 Å². The van der Waals surface area contributed by atoms with Crippen molar-refractivity contribution >= 4 is 22.5 Å². The summed E-state index contributed by atoms with van der Waals surface area (Å²) in [6.45, 7) is 2.96. The number of anilines is 1. The number of aromatic nitrogens is 1. The predicted molar refractivity (Wildman–Crippen MR) is 97.9 cm³/mol. The van der Waals surface area contributed by atoms with E-state index >= 15 is 0 Å². The van der Waals surface area contributed by atoms with E-state index in [1.807, 2.05) is 36.4 Å². The van der Waals surface area contributed by atoms with Crippen molar-refractivity contribution in [2.24, 2.45) is 0 Å². The zero-order valence-corrected chi connectivity index (χ0v) is 13.8. The molecule has 1 amide bonds. The maximum absolute atomic E-state index is 12.1. The van der Waals surface area contributed by atoms with Gasteiger partial charge >= 0.3 is 0 Å². The lowest BCUT2D eigenvalue weighted by Crippen LogP contribution is -2.25. The summed E-state index contributed by atoms with van der Waals surface area (Å²) in [6.07, 6.45) is 2.19. The number of fused-ring (bicyclic) bond motifs is 1. The van der Waals surface area contributed by atoms with Gasteiger partial charge in [-0.05, 0) is 38.0 Å². The van der Waals surface area contributed by atoms with Crippen molar-refractivity contribution in [3.8, 4) is 11.3 Å². The summed E-state index contributed by atoms with van der Waals surface area (Å²) in [5.74, 6) is 0.00746. The molecule has 0 bridgehead atoms. The van der Waals surface area contributed by atoms with E-state index in [4.69, 9.17) is 5.73 Å². The standard InChI is InChI=1S/C20H21N3O/c1-2-23-17-6-4-3-5-16(17)18(21)19(23)13-7-9-14(10-8-13)20(24)22-15-11-12-15/h3-10,15H,2,11-12,21H2,1H3,(H,22,24). The monoisotopic (exact) mass is 319 g/mol. The van der Waals surface area contributed by atoms with Crippen LogP contribution in [0.3, 0.4) is 0 Å². The van der Waals surface area contributed by atoms with Crippen LogP contribution in [0.25, 0.3) is 22.2 Å². The van der Waals surface area contributed by atoms with Crippen molar-refractivity contribution in [3.63, 3.8) is 0 Å². The lowest BCUT2D eigenvalue weighted by atomic mass is 10.1. The van der Waals surface area contributed by atoms with Gasteiger partial charge in [0.25, 0.3) is 5.91 Å². The zero-order valence-electron chi connectivity index (χ0n) is 13.8. The van der Waals surface area contributed by atoms with E-state index in [2.05, 4.69) is 28.9 Å². The van der Waals surface area contributed by atoms with Crippen LogP contribution in [-0.2, 0) is 6.54 Å². The average Bonchev–Trinajstić information content (AvgIpc) is 3.38. The fourth-order valence-electron chi connectivity index (χ4n) is 3.25. The molecule has 0 radical (unpaired) electrons. The van der Waals surface area contributed by atoms with Crippen molar-refractivity contribution in [1.82, 2.24) is 9.88 Å². The average molecular weight is 319 g/mol. The highest BCUT2D eigenvalue weighted by atomic mass is 16.1. The van der Waals surface area contributed by atoms with Gasteiger partial charge in [-0.1, -0.05) is 30.3 Å². The van der Waals surface area contributed by atoms with Crippen molar-refractivity contribution in [2.45, 2.75) is 32.4 Å². The van der Waals surface area contributed by atoms with Gasteiger partial charge in [0.15, 0.2) is 0 Å². The number of carbonyl (C=O) groups is 1. The zero-order chi connectivity index (χ0) is 16.7. The molecule has 1 aromatic heterocycles. The van der Waals surface area contributed by atoms with E-state index < -0.39 is 0 Å². The highest BCUT2D eigenvalue weighted by Crippen LogP contribution is 2.36. The van der Waals surface area contributed by atoms with E-state index in [-0.39, 0.29) is 5.91 Å². The molecule has 0 atom stereocenters. The van der Waals surface area contributed by atoms with Crippen LogP contribution in [0.4, 0.5) is 5.69 Å². The minimum atomic E-state index is 0.00746. The second-order valence-electron chi connectivity index (χ2n) is 6.35. The van der Waals surface area contributed by atoms with Crippen LogP contribution in [-0.4, -0.2) is 16.5 Å². The first kappa shape index (κ1) is 14.8. The second-order valence-corrected chi connectivity index (χ2v) is 6.35. The third-order valence-corrected chi connectivity index (χ3v) is 4.66. The summed E-state index contributed by atoms with van der Waals surface area (Å²) >= 11 is 0. The van der Waals surface area contributed by atoms with Gasteiger partial charge in [-0.3, -0.25) is 4.79 Å². The maximum Gasteiger partial charge on any atom is 0.251 e. The first-order valence-corrected chi connectivity index (χ1v) is 8.47. The van der Waals surface area contributed by atoms with E-state index in [9.17, 15) is 4.79 Å². The first-order chi connectivity index (χ1) is 11.7. The van der Waals surface area contributed by atoms with Crippen LogP contribution in [0, 0.1) is 0 Å². The van der Waals surface area contributed by atoms with Crippen molar-refractivity contribution in [2.75, 3.05) is 5.73 Å². The molecule has 1 aliphatic carbocycles. The third kappa shape index (κ3) is 2.44. The summed E-state index contributed by atoms with van der Waals surface area (Å²) in [6, 6.07) is 16.3. The van der Waals surface area contributed by atoms with Crippen LogP contribution in [0.1, 0.15) is 30.1 Å².